The number of amides is 3. The van der Waals surface area contributed by atoms with Crippen molar-refractivity contribution in [1.82, 2.24) is 16.0 Å². The predicted octanol–water partition coefficient (Wildman–Crippen LogP) is -4.60. The van der Waals surface area contributed by atoms with Crippen LogP contribution >= 0.6 is 0 Å². The van der Waals surface area contributed by atoms with E-state index in [-0.39, 0.29) is 31.2 Å². The molecule has 3 atom stereocenters. The van der Waals surface area contributed by atoms with Gasteiger partial charge in [-0.25, -0.2) is 4.79 Å². The second-order valence-corrected chi connectivity index (χ2v) is 8.65. The number of ether oxygens (including phenoxy) is 2. The zero-order valence-corrected chi connectivity index (χ0v) is 23.8. The molecule has 0 spiro atoms. The minimum Gasteiger partial charge on any atom is -1.00 e. The number of unbranched alkanes of at least 4 members (excludes halogenated alkanes) is 2. The van der Waals surface area contributed by atoms with Crippen molar-refractivity contribution in [2.45, 2.75) is 44.2 Å². The summed E-state index contributed by atoms with van der Waals surface area (Å²) < 4.78 is 10.3. The van der Waals surface area contributed by atoms with Crippen molar-refractivity contribution in [3.05, 3.63) is 55.1 Å². The summed E-state index contributed by atoms with van der Waals surface area (Å²) >= 11 is 0. The van der Waals surface area contributed by atoms with Crippen LogP contribution < -0.4 is 49.6 Å². The van der Waals surface area contributed by atoms with Crippen molar-refractivity contribution in [3.8, 4) is 5.75 Å². The molecular formula is C27H41ClN6O6. The Morgan fingerprint density at radius 2 is 1.70 bits per heavy atom. The first-order valence-corrected chi connectivity index (χ1v) is 12.6. The highest BCUT2D eigenvalue weighted by Crippen LogP contribution is 2.15. The first-order chi connectivity index (χ1) is 18.7. The number of carbonyl (C=O) groups excluding carboxylic acids is 4. The fourth-order valence-corrected chi connectivity index (χ4v) is 3.65. The van der Waals surface area contributed by atoms with E-state index in [1.807, 2.05) is 0 Å². The topological polar surface area (TPSA) is 189 Å². The average molecular weight is 581 g/mol. The van der Waals surface area contributed by atoms with Crippen LogP contribution in [0, 0.1) is 5.92 Å². The molecular weight excluding hydrogens is 540 g/mol. The van der Waals surface area contributed by atoms with Crippen molar-refractivity contribution >= 4 is 29.7 Å². The van der Waals surface area contributed by atoms with Crippen molar-refractivity contribution < 1.29 is 46.1 Å². The Morgan fingerprint density at radius 1 is 1.02 bits per heavy atom. The molecule has 222 valence electrons. The largest absolute Gasteiger partial charge is 1.00 e. The van der Waals surface area contributed by atoms with Crippen LogP contribution in [-0.4, -0.2) is 69.0 Å². The summed E-state index contributed by atoms with van der Waals surface area (Å²) in [6.07, 6.45) is 5.19. The van der Waals surface area contributed by atoms with Crippen LogP contribution in [0.15, 0.2) is 49.6 Å². The number of nitrogens with one attached hydrogen (secondary N) is 4. The summed E-state index contributed by atoms with van der Waals surface area (Å²) in [7, 11) is 2.61. The Bertz CT molecular complexity index is 1010. The van der Waals surface area contributed by atoms with Gasteiger partial charge in [-0.15, -0.1) is 6.58 Å². The van der Waals surface area contributed by atoms with Gasteiger partial charge in [0.25, 0.3) is 0 Å². The molecule has 1 rings (SSSR count). The first-order valence-electron chi connectivity index (χ1n) is 12.6. The number of hydrogen-bond acceptors (Lipinski definition) is 6. The van der Waals surface area contributed by atoms with Crippen LogP contribution in [-0.2, 0) is 30.3 Å². The number of benzene rings is 1. The Balaban J connectivity index is 0.0000152. The lowest BCUT2D eigenvalue weighted by Crippen LogP contribution is -3.00. The molecule has 1 aromatic rings. The van der Waals surface area contributed by atoms with Gasteiger partial charge < -0.3 is 37.8 Å². The van der Waals surface area contributed by atoms with E-state index >= 15 is 0 Å². The molecule has 0 bridgehead atoms. The van der Waals surface area contributed by atoms with E-state index in [9.17, 15) is 19.2 Å². The van der Waals surface area contributed by atoms with Crippen LogP contribution in [0.4, 0.5) is 0 Å². The zero-order chi connectivity index (χ0) is 29.2. The van der Waals surface area contributed by atoms with Gasteiger partial charge in [0.2, 0.25) is 17.7 Å². The first kappa shape index (κ1) is 35.9. The molecule has 0 radical (unpaired) electrons. The lowest BCUT2D eigenvalue weighted by molar-refractivity contribution is -0.459. The molecule has 3 amide bonds. The highest BCUT2D eigenvalue weighted by atomic mass is 35.5. The molecule has 0 unspecified atom stereocenters. The van der Waals surface area contributed by atoms with E-state index in [0.717, 1.165) is 25.5 Å². The Hall–Kier alpha value is -4.06. The SMILES string of the molecule is C=CCOc1ccc(C[C@H](NC(=O)[C@@H](C=C)[C@H](NC(=O)CCCCC[NH+]=C(N)N)C(=O)OC)C(=O)NC)cc1.[Cl-]. The van der Waals surface area contributed by atoms with Crippen LogP contribution in [0.25, 0.3) is 0 Å². The number of methoxy groups -OCH3 is 1. The van der Waals surface area contributed by atoms with Gasteiger partial charge in [-0.2, -0.15) is 0 Å². The van der Waals surface area contributed by atoms with E-state index in [1.54, 1.807) is 30.3 Å². The third-order valence-corrected chi connectivity index (χ3v) is 5.71. The zero-order valence-electron chi connectivity index (χ0n) is 23.0. The van der Waals surface area contributed by atoms with Crippen molar-refractivity contribution in [3.63, 3.8) is 0 Å². The molecule has 0 heterocycles. The molecule has 0 aromatic heterocycles. The number of carbonyl (C=O) groups is 4. The van der Waals surface area contributed by atoms with Gasteiger partial charge in [0.15, 0.2) is 0 Å². The van der Waals surface area contributed by atoms with Crippen LogP contribution in [0.3, 0.4) is 0 Å². The maximum Gasteiger partial charge on any atom is 0.338 e. The fraction of sp³-hybridized carbons (Fsp3) is 0.444. The third kappa shape index (κ3) is 13.1. The van der Waals surface area contributed by atoms with Gasteiger partial charge in [0, 0.05) is 19.9 Å². The van der Waals surface area contributed by atoms with Gasteiger partial charge in [0.05, 0.1) is 19.6 Å². The van der Waals surface area contributed by atoms with E-state index < -0.39 is 41.7 Å². The molecule has 1 aromatic carbocycles. The molecule has 0 saturated carbocycles. The van der Waals surface area contributed by atoms with Gasteiger partial charge in [0.1, 0.15) is 24.4 Å². The second-order valence-electron chi connectivity index (χ2n) is 8.65. The lowest BCUT2D eigenvalue weighted by atomic mass is 9.96. The van der Waals surface area contributed by atoms with Gasteiger partial charge in [-0.3, -0.25) is 30.8 Å². The summed E-state index contributed by atoms with van der Waals surface area (Å²) in [5, 5.41) is 7.77. The van der Waals surface area contributed by atoms with E-state index in [2.05, 4.69) is 34.1 Å². The van der Waals surface area contributed by atoms with E-state index in [4.69, 9.17) is 20.9 Å². The second kappa shape index (κ2) is 19.9. The lowest BCUT2D eigenvalue weighted by Gasteiger charge is -2.25. The summed E-state index contributed by atoms with van der Waals surface area (Å²) in [6, 6.07) is 4.79. The molecule has 0 fully saturated rings. The Kier molecular flexibility index (Phi) is 17.9. The number of guanidine groups is 1. The minimum atomic E-state index is -1.32. The molecule has 12 nitrogen and oxygen atoms in total. The third-order valence-electron chi connectivity index (χ3n) is 5.71. The number of nitrogens with two attached hydrogens (primary N) is 2. The maximum absolute atomic E-state index is 13.2. The summed E-state index contributed by atoms with van der Waals surface area (Å²) in [5.74, 6) is -2.75. The molecule has 0 aliphatic carbocycles. The van der Waals surface area contributed by atoms with Gasteiger partial charge >= 0.3 is 11.9 Å². The fourth-order valence-electron chi connectivity index (χ4n) is 3.65. The molecule has 0 saturated heterocycles. The molecule has 0 aliphatic rings. The van der Waals surface area contributed by atoms with Crippen LogP contribution in [0.5, 0.6) is 5.75 Å². The smallest absolute Gasteiger partial charge is 0.338 e. The Labute approximate surface area is 241 Å². The summed E-state index contributed by atoms with van der Waals surface area (Å²) in [5.41, 5.74) is 11.4. The molecule has 40 heavy (non-hydrogen) atoms. The van der Waals surface area contributed by atoms with Crippen LogP contribution in [0.1, 0.15) is 31.2 Å². The van der Waals surface area contributed by atoms with E-state index in [1.165, 1.54) is 13.1 Å². The molecule has 8 N–H and O–H groups in total. The molecule has 13 heteroatoms. The summed E-state index contributed by atoms with van der Waals surface area (Å²) in [4.78, 5) is 53.6. The number of likely N-dealkylation sites (N-methyl/N-ethyl adjacent to an activating group) is 1. The maximum atomic E-state index is 13.2. The monoisotopic (exact) mass is 580 g/mol. The predicted molar refractivity (Wildman–Crippen MR) is 147 cm³/mol. The van der Waals surface area contributed by atoms with Gasteiger partial charge in [-0.05, 0) is 37.0 Å². The number of hydrogen-bond donors (Lipinski definition) is 6. The van der Waals surface area contributed by atoms with Crippen molar-refractivity contribution in [1.29, 1.82) is 0 Å². The number of esters is 1. The van der Waals surface area contributed by atoms with E-state index in [0.29, 0.717) is 25.3 Å². The minimum absolute atomic E-state index is 0. The molecule has 0 aliphatic heterocycles. The Morgan fingerprint density at radius 3 is 2.25 bits per heavy atom. The standard InChI is InChI=1S/C27H40N6O6.ClH/c1-5-16-39-19-13-11-18(12-14-19)17-21(25(36)30-3)32-24(35)20(6-2)23(26(37)38-4)33-22(34)10-8-7-9-15-31-27(28)29;/h5-6,11-14,20-21,23H,1-2,7-10,15-17H2,3-4H3,(H,30,36)(H,32,35)(H,33,34)(H4,28,29,31);1H/t20-,21-,23-;/m0./s1. The van der Waals surface area contributed by atoms with Crippen molar-refractivity contribution in [2.24, 2.45) is 17.4 Å². The van der Waals surface area contributed by atoms with Crippen LogP contribution in [0.2, 0.25) is 0 Å². The van der Waals surface area contributed by atoms with Crippen molar-refractivity contribution in [2.75, 3.05) is 27.3 Å². The number of halogens is 1. The highest BCUT2D eigenvalue weighted by Gasteiger charge is 2.35. The normalized spacial score (nSPS) is 12.2. The summed E-state index contributed by atoms with van der Waals surface area (Å²) in [6.45, 7) is 8.20. The number of rotatable bonds is 18. The van der Waals surface area contributed by atoms with Gasteiger partial charge in [-0.1, -0.05) is 30.9 Å². The highest BCUT2D eigenvalue weighted by molar-refractivity contribution is 5.94. The quantitative estimate of drug-likeness (QED) is 0.0329. The average Bonchev–Trinajstić information content (AvgIpc) is 2.92.